The minimum Gasteiger partial charge on any atom is -0.465 e. The number of methoxy groups -OCH3 is 1. The smallest absolute Gasteiger partial charge is 0.446 e. The van der Waals surface area contributed by atoms with Crippen LogP contribution in [0.25, 0.3) is 0 Å². The molecule has 0 spiro atoms. The molecule has 2 heterocycles. The molecule has 11 heteroatoms. The number of carbonyl (C=O) groups is 1. The van der Waals surface area contributed by atoms with Gasteiger partial charge in [-0.15, -0.1) is 0 Å². The van der Waals surface area contributed by atoms with Crippen LogP contribution in [-0.4, -0.2) is 54.0 Å². The first-order valence-corrected chi connectivity index (χ1v) is 9.25. The van der Waals surface area contributed by atoms with E-state index in [1.807, 2.05) is 0 Å². The van der Waals surface area contributed by atoms with Crippen LogP contribution in [0.5, 0.6) is 0 Å². The third-order valence-electron chi connectivity index (χ3n) is 4.19. The Kier molecular flexibility index (Phi) is 5.06. The largest absolute Gasteiger partial charge is 0.465 e. The summed E-state index contributed by atoms with van der Waals surface area (Å²) >= 11 is 7.01. The van der Waals surface area contributed by atoms with Gasteiger partial charge in [-0.05, 0) is 43.8 Å². The number of benzene rings is 1. The Hall–Kier alpha value is -1.94. The lowest BCUT2D eigenvalue weighted by Gasteiger charge is -2.37. The number of fused-ring (bicyclic) bond motifs is 3. The highest BCUT2D eigenvalue weighted by Crippen LogP contribution is 2.48. The number of nitrogens with zero attached hydrogens (tertiary/aromatic N) is 4. The molecule has 146 valence electrons. The summed E-state index contributed by atoms with van der Waals surface area (Å²) in [5.74, 6) is -1.59. The number of hydrogen-bond donors (Lipinski definition) is 0. The van der Waals surface area contributed by atoms with Gasteiger partial charge in [0.15, 0.2) is 5.17 Å². The Balaban J connectivity index is 2.26. The SMILES string of the molecule is CCN(CC)C1=NC(C(=O)OC)(C(F)(F)F)N=C2Sc3cc(Cl)ccc3N21. The van der Waals surface area contributed by atoms with Crippen LogP contribution in [0.4, 0.5) is 18.9 Å². The molecule has 1 unspecified atom stereocenters. The lowest BCUT2D eigenvalue weighted by Crippen LogP contribution is -2.58. The molecule has 1 aromatic rings. The van der Waals surface area contributed by atoms with E-state index in [0.717, 1.165) is 18.9 Å². The van der Waals surface area contributed by atoms with Crippen molar-refractivity contribution in [2.45, 2.75) is 30.6 Å². The molecule has 1 aromatic carbocycles. The molecule has 0 radical (unpaired) electrons. The minimum atomic E-state index is -5.06. The van der Waals surface area contributed by atoms with Gasteiger partial charge in [0.05, 0.1) is 12.8 Å². The van der Waals surface area contributed by atoms with Crippen LogP contribution < -0.4 is 4.90 Å². The maximum Gasteiger partial charge on any atom is 0.446 e. The van der Waals surface area contributed by atoms with E-state index in [1.165, 1.54) is 4.90 Å². The van der Waals surface area contributed by atoms with Gasteiger partial charge in [0.25, 0.3) is 0 Å². The number of halogens is 4. The number of carbonyl (C=O) groups excluding carboxylic acids is 1. The Bertz CT molecular complexity index is 841. The second-order valence-electron chi connectivity index (χ2n) is 5.69. The van der Waals surface area contributed by atoms with Gasteiger partial charge >= 0.3 is 17.8 Å². The Morgan fingerprint density at radius 2 is 2.00 bits per heavy atom. The molecule has 1 atom stereocenters. The third-order valence-corrected chi connectivity index (χ3v) is 5.42. The standard InChI is InChI=1S/C16H16ClF3N4O2S/c1-4-23(5-2)13-21-15(12(25)26-3,16(18,19)20)22-14-24(13)10-7-6-9(17)8-11(10)27-14/h6-8H,4-5H2,1-3H3. The Morgan fingerprint density at radius 3 is 2.56 bits per heavy atom. The molecular weight excluding hydrogens is 405 g/mol. The summed E-state index contributed by atoms with van der Waals surface area (Å²) in [6, 6.07) is 4.95. The van der Waals surface area contributed by atoms with Gasteiger partial charge in [-0.3, -0.25) is 4.90 Å². The maximum atomic E-state index is 13.9. The topological polar surface area (TPSA) is 57.5 Å². The average Bonchev–Trinajstić information content (AvgIpc) is 2.97. The molecule has 0 amide bonds. The van der Waals surface area contributed by atoms with Gasteiger partial charge in [0.1, 0.15) is 0 Å². The second-order valence-corrected chi connectivity index (χ2v) is 7.14. The van der Waals surface area contributed by atoms with E-state index < -0.39 is 17.8 Å². The van der Waals surface area contributed by atoms with E-state index in [1.54, 1.807) is 36.9 Å². The third kappa shape index (κ3) is 3.04. The van der Waals surface area contributed by atoms with E-state index in [-0.39, 0.29) is 11.1 Å². The van der Waals surface area contributed by atoms with Gasteiger partial charge < -0.3 is 9.64 Å². The van der Waals surface area contributed by atoms with E-state index in [4.69, 9.17) is 11.6 Å². The maximum absolute atomic E-state index is 13.9. The first kappa shape index (κ1) is 19.8. The molecule has 0 fully saturated rings. The summed E-state index contributed by atoms with van der Waals surface area (Å²) in [6.07, 6.45) is -5.06. The zero-order chi connectivity index (χ0) is 20.0. The van der Waals surface area contributed by atoms with Crippen molar-refractivity contribution in [1.29, 1.82) is 0 Å². The second kappa shape index (κ2) is 6.90. The van der Waals surface area contributed by atoms with Crippen LogP contribution in [0.3, 0.4) is 0 Å². The summed E-state index contributed by atoms with van der Waals surface area (Å²) in [6.45, 7) is 4.36. The van der Waals surface area contributed by atoms with Gasteiger partial charge in [0.2, 0.25) is 5.96 Å². The lowest BCUT2D eigenvalue weighted by atomic mass is 10.1. The average molecular weight is 421 g/mol. The van der Waals surface area contributed by atoms with Crippen molar-refractivity contribution in [1.82, 2.24) is 4.90 Å². The molecule has 0 aliphatic carbocycles. The highest BCUT2D eigenvalue weighted by atomic mass is 35.5. The lowest BCUT2D eigenvalue weighted by molar-refractivity contribution is -0.201. The highest BCUT2D eigenvalue weighted by Gasteiger charge is 2.65. The number of hydrogen-bond acceptors (Lipinski definition) is 7. The molecule has 3 rings (SSSR count). The fraction of sp³-hybridized carbons (Fsp3) is 0.438. The number of thioether (sulfide) groups is 1. The van der Waals surface area contributed by atoms with Gasteiger partial charge in [-0.1, -0.05) is 11.6 Å². The van der Waals surface area contributed by atoms with E-state index >= 15 is 0 Å². The van der Waals surface area contributed by atoms with Crippen molar-refractivity contribution >= 4 is 46.1 Å². The van der Waals surface area contributed by atoms with Crippen LogP contribution in [0.2, 0.25) is 5.02 Å². The normalized spacial score (nSPS) is 21.2. The molecule has 0 aromatic heterocycles. The molecule has 27 heavy (non-hydrogen) atoms. The predicted octanol–water partition coefficient (Wildman–Crippen LogP) is 3.75. The molecular formula is C16H16ClF3N4O2S. The fourth-order valence-corrected chi connectivity index (χ4v) is 4.15. The predicted molar refractivity (Wildman–Crippen MR) is 98.4 cm³/mol. The zero-order valence-corrected chi connectivity index (χ0v) is 16.2. The van der Waals surface area contributed by atoms with Crippen molar-refractivity contribution < 1.29 is 22.7 Å². The van der Waals surface area contributed by atoms with E-state index in [0.29, 0.717) is 28.7 Å². The number of rotatable bonds is 3. The minimum absolute atomic E-state index is 0.00751. The first-order chi connectivity index (χ1) is 12.7. The van der Waals surface area contributed by atoms with Crippen molar-refractivity contribution in [3.63, 3.8) is 0 Å². The van der Waals surface area contributed by atoms with Gasteiger partial charge in [0, 0.05) is 23.0 Å². The van der Waals surface area contributed by atoms with E-state index in [9.17, 15) is 18.0 Å². The van der Waals surface area contributed by atoms with E-state index in [2.05, 4.69) is 14.7 Å². The van der Waals surface area contributed by atoms with Crippen LogP contribution in [0, 0.1) is 0 Å². The summed E-state index contributed by atoms with van der Waals surface area (Å²) in [5, 5.41) is 0.435. The van der Waals surface area contributed by atoms with Crippen LogP contribution in [0.1, 0.15) is 13.8 Å². The number of alkyl halides is 3. The number of esters is 1. The zero-order valence-electron chi connectivity index (χ0n) is 14.7. The molecule has 2 aliphatic heterocycles. The Morgan fingerprint density at radius 1 is 1.33 bits per heavy atom. The van der Waals surface area contributed by atoms with Gasteiger partial charge in [-0.25, -0.2) is 14.8 Å². The number of amidine groups is 1. The number of anilines is 1. The summed E-state index contributed by atoms with van der Waals surface area (Å²) in [7, 11) is 0.880. The quantitative estimate of drug-likeness (QED) is 0.697. The molecule has 0 saturated heterocycles. The van der Waals surface area contributed by atoms with Crippen molar-refractivity contribution in [3.05, 3.63) is 23.2 Å². The van der Waals surface area contributed by atoms with Crippen LogP contribution in [0.15, 0.2) is 33.1 Å². The summed E-state index contributed by atoms with van der Waals surface area (Å²) in [4.78, 5) is 23.4. The summed E-state index contributed by atoms with van der Waals surface area (Å²) in [5.41, 5.74) is -2.74. The molecule has 6 nitrogen and oxygen atoms in total. The molecule has 0 saturated carbocycles. The van der Waals surface area contributed by atoms with Crippen molar-refractivity contribution in [2.75, 3.05) is 25.1 Å². The molecule has 2 aliphatic rings. The first-order valence-electron chi connectivity index (χ1n) is 8.05. The summed E-state index contributed by atoms with van der Waals surface area (Å²) < 4.78 is 46.3. The molecule has 0 bridgehead atoms. The molecule has 0 N–H and O–H groups in total. The van der Waals surface area contributed by atoms with Crippen molar-refractivity contribution in [3.8, 4) is 0 Å². The van der Waals surface area contributed by atoms with Gasteiger partial charge in [-0.2, -0.15) is 13.2 Å². The number of aliphatic imine (C=N–C) groups is 2. The van der Waals surface area contributed by atoms with Crippen LogP contribution in [-0.2, 0) is 9.53 Å². The van der Waals surface area contributed by atoms with Crippen LogP contribution >= 0.6 is 23.4 Å². The number of ether oxygens (including phenoxy) is 1. The Labute approximate surface area is 163 Å². The monoisotopic (exact) mass is 420 g/mol. The number of guanidine groups is 1. The van der Waals surface area contributed by atoms with Crippen molar-refractivity contribution in [2.24, 2.45) is 9.98 Å². The fourth-order valence-electron chi connectivity index (χ4n) is 2.82. The highest BCUT2D eigenvalue weighted by molar-refractivity contribution is 8.15.